The normalized spacial score (nSPS) is 7.86. The third-order valence-corrected chi connectivity index (χ3v) is 1.80. The van der Waals surface area contributed by atoms with Gasteiger partial charge >= 0.3 is 105 Å². The van der Waals surface area contributed by atoms with Gasteiger partial charge in [-0.1, -0.05) is 0 Å². The van der Waals surface area contributed by atoms with Gasteiger partial charge in [0.25, 0.3) is 0 Å². The summed E-state index contributed by atoms with van der Waals surface area (Å²) in [5, 5.41) is 0. The third-order valence-electron chi connectivity index (χ3n) is 1.40. The number of benzene rings is 1. The Hall–Kier alpha value is 0.271. The van der Waals surface area contributed by atoms with E-state index in [1.54, 1.807) is 0 Å². The van der Waals surface area contributed by atoms with Crippen LogP contribution < -0.4 is 0 Å². The van der Waals surface area contributed by atoms with E-state index in [1.165, 1.54) is 11.1 Å². The minimum atomic E-state index is -3.67. The maximum absolute atomic E-state index is 9.67. The molecule has 0 fully saturated rings. The van der Waals surface area contributed by atoms with Crippen molar-refractivity contribution in [3.63, 3.8) is 0 Å². The van der Waals surface area contributed by atoms with Gasteiger partial charge in [-0.25, -0.2) is 0 Å². The zero-order valence-electron chi connectivity index (χ0n) is 8.02. The molecule has 0 aliphatic heterocycles. The second kappa shape index (κ2) is 8.57. The summed E-state index contributed by atoms with van der Waals surface area (Å²) in [5.41, 5.74) is 2.45. The minimum absolute atomic E-state index is 0.648. The van der Waals surface area contributed by atoms with Gasteiger partial charge in [-0.05, 0) is 0 Å². The number of rotatable bonds is 0. The van der Waals surface area contributed by atoms with Crippen molar-refractivity contribution in [1.82, 2.24) is 0 Å². The van der Waals surface area contributed by atoms with Gasteiger partial charge in [0.15, 0.2) is 0 Å². The average Bonchev–Trinajstić information content (AvgIpc) is 2.08. The maximum atomic E-state index is 9.67. The van der Waals surface area contributed by atoms with Crippen LogP contribution in [-0.4, -0.2) is 56.5 Å². The minimum Gasteiger partial charge on any atom is -0.254 e. The molecule has 0 aliphatic rings. The predicted molar refractivity (Wildman–Crippen MR) is 52.9 cm³/mol. The van der Waals surface area contributed by atoms with Crippen molar-refractivity contribution in [2.45, 2.75) is 6.92 Å². The molecule has 14 heavy (non-hydrogen) atoms. The second-order valence-electron chi connectivity index (χ2n) is 2.44. The fraction of sp³-hybridized carbons (Fsp3) is 0.111. The molecule has 1 rings (SSSR count). The van der Waals surface area contributed by atoms with Crippen molar-refractivity contribution in [2.24, 2.45) is 0 Å². The summed E-state index contributed by atoms with van der Waals surface area (Å²) in [5.74, 6) is 3.11. The molecule has 5 heteroatoms. The molecule has 0 spiro atoms. The summed E-state index contributed by atoms with van der Waals surface area (Å²) in [4.78, 5) is 0. The SMILES string of the molecule is Cc1ccccc1C#[C][K].FB(F)F. The molecule has 0 N–H and O–H groups in total. The molecule has 0 bridgehead atoms. The largest absolute Gasteiger partial charge is 0.762 e. The fourth-order valence-electron chi connectivity index (χ4n) is 0.848. The summed E-state index contributed by atoms with van der Waals surface area (Å²) >= 11 is 0.648. The van der Waals surface area contributed by atoms with Gasteiger partial charge in [-0.3, -0.25) is 12.9 Å². The molecule has 0 saturated heterocycles. The molecule has 68 valence electrons. The Balaban J connectivity index is 0.000000364. The zero-order chi connectivity index (χ0) is 11.0. The standard InChI is InChI=1S/C9H7.BF3.K/c1-3-9-7-5-4-6-8(9)2;2-1(3)4;/h4-7H,2H3;;. The van der Waals surface area contributed by atoms with Crippen LogP contribution in [0.5, 0.6) is 0 Å². The Morgan fingerprint density at radius 1 is 1.21 bits per heavy atom. The van der Waals surface area contributed by atoms with Gasteiger partial charge in [-0.2, -0.15) is 0 Å². The van der Waals surface area contributed by atoms with Crippen molar-refractivity contribution < 1.29 is 12.9 Å². The summed E-state index contributed by atoms with van der Waals surface area (Å²) in [6.07, 6.45) is 0. The Morgan fingerprint density at radius 3 is 2.14 bits per heavy atom. The van der Waals surface area contributed by atoms with Gasteiger partial charge < -0.3 is 0 Å². The van der Waals surface area contributed by atoms with Crippen LogP contribution in [0, 0.1) is 12.9 Å². The monoisotopic (exact) mass is 222 g/mol. The number of halogens is 3. The molecular formula is C9H7BF3K. The van der Waals surface area contributed by atoms with Gasteiger partial charge in [-0.15, -0.1) is 0 Å². The van der Waals surface area contributed by atoms with Crippen molar-refractivity contribution in [3.8, 4) is 5.94 Å². The van der Waals surface area contributed by atoms with E-state index in [9.17, 15) is 12.9 Å². The van der Waals surface area contributed by atoms with Crippen LogP contribution in [0.1, 0.15) is 11.1 Å². The Bertz CT molecular complexity index is 328. The van der Waals surface area contributed by atoms with E-state index >= 15 is 0 Å². The van der Waals surface area contributed by atoms with Crippen LogP contribution in [0.3, 0.4) is 0 Å². The summed E-state index contributed by atoms with van der Waals surface area (Å²) in [6, 6.07) is 8.22. The Morgan fingerprint density at radius 2 is 1.71 bits per heavy atom. The van der Waals surface area contributed by atoms with Crippen LogP contribution >= 0.6 is 0 Å². The molecule has 0 aromatic heterocycles. The van der Waals surface area contributed by atoms with Crippen molar-refractivity contribution in [3.05, 3.63) is 35.4 Å². The van der Waals surface area contributed by atoms with E-state index in [0.717, 1.165) is 0 Å². The number of hydrogen-bond donors (Lipinski definition) is 0. The topological polar surface area (TPSA) is 0 Å². The first-order valence-electron chi connectivity index (χ1n) is 3.98. The maximum Gasteiger partial charge on any atom is 0.762 e. The van der Waals surface area contributed by atoms with Crippen molar-refractivity contribution in [1.29, 1.82) is 0 Å². The van der Waals surface area contributed by atoms with E-state index < -0.39 is 7.54 Å². The molecule has 1 aromatic carbocycles. The average molecular weight is 222 g/mol. The summed E-state index contributed by atoms with van der Waals surface area (Å²) in [7, 11) is -3.67. The first-order chi connectivity index (χ1) is 6.57. The van der Waals surface area contributed by atoms with Crippen LogP contribution in [-0.2, 0) is 0 Å². The van der Waals surface area contributed by atoms with Crippen molar-refractivity contribution >= 4 is 56.5 Å². The second-order valence-corrected chi connectivity index (χ2v) is 3.22. The molecule has 0 heterocycles. The van der Waals surface area contributed by atoms with Gasteiger partial charge in [0.2, 0.25) is 0 Å². The first kappa shape index (κ1) is 14.3. The van der Waals surface area contributed by atoms with Crippen LogP contribution in [0.2, 0.25) is 0 Å². The van der Waals surface area contributed by atoms with E-state index in [1.807, 2.05) is 12.1 Å². The molecular weight excluding hydrogens is 215 g/mol. The van der Waals surface area contributed by atoms with E-state index in [2.05, 4.69) is 25.0 Å². The molecule has 0 aliphatic carbocycles. The van der Waals surface area contributed by atoms with Crippen LogP contribution in [0.4, 0.5) is 12.9 Å². The first-order valence-corrected chi connectivity index (χ1v) is 5.54. The Labute approximate surface area is 116 Å². The van der Waals surface area contributed by atoms with Gasteiger partial charge in [0, 0.05) is 0 Å². The number of hydrogen-bond acceptors (Lipinski definition) is 0. The van der Waals surface area contributed by atoms with Gasteiger partial charge in [0.05, 0.1) is 0 Å². The zero-order valence-corrected chi connectivity index (χ0v) is 11.1. The molecule has 0 atom stereocenters. The van der Waals surface area contributed by atoms with Crippen molar-refractivity contribution in [2.75, 3.05) is 0 Å². The molecule has 0 nitrogen and oxygen atoms in total. The summed E-state index contributed by atoms with van der Waals surface area (Å²) in [6.45, 7) is 2.09. The molecule has 0 amide bonds. The predicted octanol–water partition coefficient (Wildman–Crippen LogP) is 2.35. The van der Waals surface area contributed by atoms with Crippen LogP contribution in [0.25, 0.3) is 0 Å². The smallest absolute Gasteiger partial charge is 0.254 e. The quantitative estimate of drug-likeness (QED) is 0.467. The van der Waals surface area contributed by atoms with E-state index in [0.29, 0.717) is 49.0 Å². The van der Waals surface area contributed by atoms with E-state index in [-0.39, 0.29) is 0 Å². The van der Waals surface area contributed by atoms with Gasteiger partial charge in [0.1, 0.15) is 0 Å². The van der Waals surface area contributed by atoms with Crippen LogP contribution in [0.15, 0.2) is 24.3 Å². The van der Waals surface area contributed by atoms with E-state index in [4.69, 9.17) is 0 Å². The fourth-order valence-corrected chi connectivity index (χ4v) is 1.27. The number of aryl methyl sites for hydroxylation is 1. The molecule has 0 unspecified atom stereocenters. The summed E-state index contributed by atoms with van der Waals surface area (Å²) < 4.78 is 32.1. The molecule has 0 saturated carbocycles. The third kappa shape index (κ3) is 7.65. The Kier molecular flexibility index (Phi) is 8.74. The molecule has 1 aromatic rings. The molecule has 0 radical (unpaired) electrons.